The zero-order valence-corrected chi connectivity index (χ0v) is 12.2. The van der Waals surface area contributed by atoms with Crippen molar-refractivity contribution in [1.82, 2.24) is 15.0 Å². The Hall–Kier alpha value is -1.01. The summed E-state index contributed by atoms with van der Waals surface area (Å²) in [4.78, 5) is 12.1. The van der Waals surface area contributed by atoms with Gasteiger partial charge in [0, 0.05) is 27.8 Å². The third-order valence-electron chi connectivity index (χ3n) is 2.22. The van der Waals surface area contributed by atoms with E-state index in [1.807, 2.05) is 12.1 Å². The molecule has 0 spiro atoms. The predicted molar refractivity (Wildman–Crippen MR) is 70.9 cm³/mol. The first-order valence-corrected chi connectivity index (χ1v) is 6.48. The molecule has 1 aromatic carbocycles. The number of aryl methyl sites for hydroxylation is 1. The Morgan fingerprint density at radius 2 is 2.18 bits per heavy atom. The molecule has 0 aliphatic carbocycles. The molecule has 1 aromatic heterocycles. The maximum Gasteiger partial charge on any atom is 0.170 e. The van der Waals surface area contributed by atoms with Crippen LogP contribution in [0.5, 0.6) is 0 Å². The van der Waals surface area contributed by atoms with Gasteiger partial charge < -0.3 is 0 Å². The summed E-state index contributed by atoms with van der Waals surface area (Å²) in [5.41, 5.74) is 1.31. The van der Waals surface area contributed by atoms with E-state index < -0.39 is 0 Å². The lowest BCUT2D eigenvalue weighted by atomic mass is 10.1. The molecule has 0 saturated heterocycles. The minimum atomic E-state index is 0.0127. The van der Waals surface area contributed by atoms with Gasteiger partial charge in [0.05, 0.1) is 12.1 Å². The fraction of sp³-hybridized carbons (Fsp3) is 0.182. The first kappa shape index (κ1) is 12.4. The van der Waals surface area contributed by atoms with Crippen LogP contribution >= 0.6 is 31.9 Å². The number of carbonyl (C=O) groups is 1. The highest BCUT2D eigenvalue weighted by molar-refractivity contribution is 9.11. The number of carbonyl (C=O) groups excluding carboxylic acids is 1. The van der Waals surface area contributed by atoms with E-state index in [9.17, 15) is 4.79 Å². The summed E-state index contributed by atoms with van der Waals surface area (Å²) in [5.74, 6) is 0.0127. The Bertz CT molecular complexity index is 566. The first-order chi connectivity index (χ1) is 8.06. The second kappa shape index (κ2) is 5.10. The standard InChI is InChI=1S/C11H9Br2N3O/c1-16-6-8(14-15-16)5-11(17)9-4-7(12)2-3-10(9)13/h2-4,6H,5H2,1H3. The maximum atomic E-state index is 12.1. The van der Waals surface area contributed by atoms with Gasteiger partial charge in [0.1, 0.15) is 0 Å². The van der Waals surface area contributed by atoms with Crippen molar-refractivity contribution in [3.8, 4) is 0 Å². The highest BCUT2D eigenvalue weighted by atomic mass is 79.9. The second-order valence-electron chi connectivity index (χ2n) is 3.61. The monoisotopic (exact) mass is 357 g/mol. The van der Waals surface area contributed by atoms with E-state index in [4.69, 9.17) is 0 Å². The van der Waals surface area contributed by atoms with Crippen LogP contribution in [0.2, 0.25) is 0 Å². The molecular formula is C11H9Br2N3O. The van der Waals surface area contributed by atoms with Crippen molar-refractivity contribution in [2.24, 2.45) is 7.05 Å². The van der Waals surface area contributed by atoms with Crippen LogP contribution in [-0.2, 0) is 13.5 Å². The molecule has 0 bridgehead atoms. The van der Waals surface area contributed by atoms with Crippen LogP contribution in [0.3, 0.4) is 0 Å². The Balaban J connectivity index is 2.22. The quantitative estimate of drug-likeness (QED) is 0.792. The largest absolute Gasteiger partial charge is 0.294 e. The van der Waals surface area contributed by atoms with Gasteiger partial charge in [0.15, 0.2) is 5.78 Å². The summed E-state index contributed by atoms with van der Waals surface area (Å²) in [5, 5.41) is 7.70. The maximum absolute atomic E-state index is 12.1. The summed E-state index contributed by atoms with van der Waals surface area (Å²) in [7, 11) is 1.77. The number of hydrogen-bond donors (Lipinski definition) is 0. The number of Topliss-reactive ketones (excluding diaryl/α,β-unsaturated/α-hetero) is 1. The molecule has 2 rings (SSSR count). The Kier molecular flexibility index (Phi) is 3.73. The van der Waals surface area contributed by atoms with Crippen molar-refractivity contribution in [3.05, 3.63) is 44.6 Å². The lowest BCUT2D eigenvalue weighted by Gasteiger charge is -2.02. The summed E-state index contributed by atoms with van der Waals surface area (Å²) >= 11 is 6.72. The third kappa shape index (κ3) is 3.01. The summed E-state index contributed by atoms with van der Waals surface area (Å²) in [6.45, 7) is 0. The van der Waals surface area contributed by atoms with Crippen LogP contribution in [0.15, 0.2) is 33.3 Å². The normalized spacial score (nSPS) is 10.5. The SMILES string of the molecule is Cn1cc(CC(=O)c2cc(Br)ccc2Br)nn1. The van der Waals surface area contributed by atoms with Gasteiger partial charge in [0.2, 0.25) is 0 Å². The zero-order valence-electron chi connectivity index (χ0n) is 9.02. The predicted octanol–water partition coefficient (Wildman–Crippen LogP) is 2.77. The molecule has 0 atom stereocenters. The van der Waals surface area contributed by atoms with Gasteiger partial charge in [-0.15, -0.1) is 5.10 Å². The number of aromatic nitrogens is 3. The molecule has 0 fully saturated rings. The molecular weight excluding hydrogens is 350 g/mol. The van der Waals surface area contributed by atoms with Gasteiger partial charge in [-0.05, 0) is 18.2 Å². The minimum Gasteiger partial charge on any atom is -0.294 e. The summed E-state index contributed by atoms with van der Waals surface area (Å²) < 4.78 is 3.25. The van der Waals surface area contributed by atoms with Crippen LogP contribution < -0.4 is 0 Å². The molecule has 0 aliphatic heterocycles. The molecule has 0 N–H and O–H groups in total. The summed E-state index contributed by atoms with van der Waals surface area (Å²) in [6.07, 6.45) is 1.99. The Morgan fingerprint density at radius 3 is 2.82 bits per heavy atom. The second-order valence-corrected chi connectivity index (χ2v) is 5.38. The topological polar surface area (TPSA) is 47.8 Å². The molecule has 0 unspecified atom stereocenters. The number of benzene rings is 1. The lowest BCUT2D eigenvalue weighted by Crippen LogP contribution is -2.05. The number of nitrogens with zero attached hydrogens (tertiary/aromatic N) is 3. The van der Waals surface area contributed by atoms with E-state index >= 15 is 0 Å². The van der Waals surface area contributed by atoms with Crippen molar-refractivity contribution in [3.63, 3.8) is 0 Å². The van der Waals surface area contributed by atoms with Crippen molar-refractivity contribution in [2.45, 2.75) is 6.42 Å². The molecule has 0 aliphatic rings. The van der Waals surface area contributed by atoms with Gasteiger partial charge in [-0.1, -0.05) is 37.1 Å². The highest BCUT2D eigenvalue weighted by Crippen LogP contribution is 2.22. The third-order valence-corrected chi connectivity index (χ3v) is 3.41. The van der Waals surface area contributed by atoms with Crippen LogP contribution in [0.1, 0.15) is 16.1 Å². The number of rotatable bonds is 3. The smallest absolute Gasteiger partial charge is 0.170 e. The van der Waals surface area contributed by atoms with Gasteiger partial charge in [-0.2, -0.15) is 0 Å². The van der Waals surface area contributed by atoms with Gasteiger partial charge in [0.25, 0.3) is 0 Å². The van der Waals surface area contributed by atoms with E-state index in [2.05, 4.69) is 42.2 Å². The molecule has 6 heteroatoms. The summed E-state index contributed by atoms with van der Waals surface area (Å²) in [6, 6.07) is 5.51. The van der Waals surface area contributed by atoms with Gasteiger partial charge >= 0.3 is 0 Å². The average Bonchev–Trinajstić information content (AvgIpc) is 2.67. The van der Waals surface area contributed by atoms with E-state index in [1.54, 1.807) is 24.0 Å². The van der Waals surface area contributed by atoms with Gasteiger partial charge in [-0.3, -0.25) is 9.48 Å². The van der Waals surface area contributed by atoms with Crippen molar-refractivity contribution in [2.75, 3.05) is 0 Å². The molecule has 17 heavy (non-hydrogen) atoms. The number of hydrogen-bond acceptors (Lipinski definition) is 3. The van der Waals surface area contributed by atoms with Crippen LogP contribution in [0.25, 0.3) is 0 Å². The number of halogens is 2. The highest BCUT2D eigenvalue weighted by Gasteiger charge is 2.13. The molecule has 2 aromatic rings. The van der Waals surface area contributed by atoms with Crippen LogP contribution in [0.4, 0.5) is 0 Å². The molecule has 0 amide bonds. The Labute approximate surface area is 115 Å². The fourth-order valence-electron chi connectivity index (χ4n) is 1.45. The van der Waals surface area contributed by atoms with E-state index in [0.29, 0.717) is 11.3 Å². The Morgan fingerprint density at radius 1 is 1.41 bits per heavy atom. The van der Waals surface area contributed by atoms with Gasteiger partial charge in [-0.25, -0.2) is 0 Å². The molecule has 1 heterocycles. The van der Waals surface area contributed by atoms with Crippen molar-refractivity contribution < 1.29 is 4.79 Å². The van der Waals surface area contributed by atoms with Crippen molar-refractivity contribution >= 4 is 37.6 Å². The van der Waals surface area contributed by atoms with Crippen LogP contribution in [-0.4, -0.2) is 20.8 Å². The van der Waals surface area contributed by atoms with E-state index in [0.717, 1.165) is 8.95 Å². The molecule has 88 valence electrons. The molecule has 0 radical (unpaired) electrons. The van der Waals surface area contributed by atoms with E-state index in [1.165, 1.54) is 0 Å². The lowest BCUT2D eigenvalue weighted by molar-refractivity contribution is 0.0991. The fourth-order valence-corrected chi connectivity index (χ4v) is 2.28. The average molecular weight is 359 g/mol. The zero-order chi connectivity index (χ0) is 12.4. The minimum absolute atomic E-state index is 0.0127. The van der Waals surface area contributed by atoms with Crippen LogP contribution in [0, 0.1) is 0 Å². The van der Waals surface area contributed by atoms with E-state index in [-0.39, 0.29) is 12.2 Å². The van der Waals surface area contributed by atoms with Crippen molar-refractivity contribution in [1.29, 1.82) is 0 Å². The molecule has 0 saturated carbocycles. The number of ketones is 1. The molecule has 4 nitrogen and oxygen atoms in total. The first-order valence-electron chi connectivity index (χ1n) is 4.89.